The molecule has 2 N–H and O–H groups in total. The van der Waals surface area contributed by atoms with Gasteiger partial charge in [0.05, 0.1) is 12.2 Å². The van der Waals surface area contributed by atoms with Crippen molar-refractivity contribution in [2.24, 2.45) is 11.8 Å². The van der Waals surface area contributed by atoms with Crippen LogP contribution in [0, 0.1) is 11.8 Å². The second-order valence-corrected chi connectivity index (χ2v) is 6.12. The van der Waals surface area contributed by atoms with Gasteiger partial charge >= 0.3 is 5.97 Å². The van der Waals surface area contributed by atoms with Crippen LogP contribution in [0.5, 0.6) is 0 Å². The fourth-order valence-corrected chi connectivity index (χ4v) is 3.02. The van der Waals surface area contributed by atoms with Gasteiger partial charge in [-0.15, -0.1) is 12.4 Å². The van der Waals surface area contributed by atoms with E-state index < -0.39 is 0 Å². The number of nitrogens with one attached hydrogen (secondary N) is 2. The first-order valence-corrected chi connectivity index (χ1v) is 8.38. The summed E-state index contributed by atoms with van der Waals surface area (Å²) in [5.41, 5.74) is 1.09. The van der Waals surface area contributed by atoms with E-state index in [0.29, 0.717) is 36.1 Å². The third-order valence-electron chi connectivity index (χ3n) is 4.35. The molecule has 134 valence electrons. The molecule has 1 atom stereocenters. The second kappa shape index (κ2) is 10.3. The largest absolute Gasteiger partial charge is 0.462 e. The van der Waals surface area contributed by atoms with Gasteiger partial charge in [-0.3, -0.25) is 4.79 Å². The van der Waals surface area contributed by atoms with Gasteiger partial charge in [0.25, 0.3) is 0 Å². The highest BCUT2D eigenvalue weighted by Gasteiger charge is 2.22. The third kappa shape index (κ3) is 6.13. The maximum atomic E-state index is 12.2. The smallest absolute Gasteiger partial charge is 0.338 e. The van der Waals surface area contributed by atoms with Crippen molar-refractivity contribution in [1.82, 2.24) is 5.32 Å². The Hall–Kier alpha value is -1.59. The standard InChI is InChI=1S/C18H26N2O3.ClH/c1-3-23-18(22)15-5-4-6-16(12-15)20-17(21)11-13(2)14-7-9-19-10-8-14;/h4-6,12-14,19H,3,7-11H2,1-2H3,(H,20,21);1H. The first kappa shape index (κ1) is 20.5. The van der Waals surface area contributed by atoms with E-state index >= 15 is 0 Å². The topological polar surface area (TPSA) is 67.4 Å². The van der Waals surface area contributed by atoms with Crippen LogP contribution in [0.4, 0.5) is 5.69 Å². The number of rotatable bonds is 6. The number of ether oxygens (including phenoxy) is 1. The number of carbonyl (C=O) groups is 2. The summed E-state index contributed by atoms with van der Waals surface area (Å²) in [5.74, 6) is 0.599. The number of piperidine rings is 1. The molecule has 2 rings (SSSR count). The van der Waals surface area contributed by atoms with Crippen LogP contribution >= 0.6 is 12.4 Å². The van der Waals surface area contributed by atoms with E-state index in [1.54, 1.807) is 31.2 Å². The van der Waals surface area contributed by atoms with E-state index in [9.17, 15) is 9.59 Å². The van der Waals surface area contributed by atoms with Gasteiger partial charge in [0.1, 0.15) is 0 Å². The van der Waals surface area contributed by atoms with Gasteiger partial charge in [0, 0.05) is 12.1 Å². The number of carbonyl (C=O) groups excluding carboxylic acids is 2. The Morgan fingerprint density at radius 1 is 1.33 bits per heavy atom. The van der Waals surface area contributed by atoms with E-state index in [1.807, 2.05) is 0 Å². The molecule has 1 aromatic rings. The minimum absolute atomic E-state index is 0. The summed E-state index contributed by atoms with van der Waals surface area (Å²) in [5, 5.41) is 6.23. The van der Waals surface area contributed by atoms with E-state index in [4.69, 9.17) is 4.74 Å². The molecule has 1 aromatic carbocycles. The predicted molar refractivity (Wildman–Crippen MR) is 97.7 cm³/mol. The number of hydrogen-bond acceptors (Lipinski definition) is 4. The van der Waals surface area contributed by atoms with Crippen molar-refractivity contribution >= 4 is 30.0 Å². The van der Waals surface area contributed by atoms with Crippen LogP contribution in [0.3, 0.4) is 0 Å². The molecule has 1 saturated heterocycles. The van der Waals surface area contributed by atoms with Crippen LogP contribution in [0.1, 0.15) is 43.5 Å². The van der Waals surface area contributed by atoms with E-state index in [1.165, 1.54) is 0 Å². The minimum atomic E-state index is -0.369. The highest BCUT2D eigenvalue weighted by Crippen LogP contribution is 2.24. The molecule has 0 radical (unpaired) electrons. The lowest BCUT2D eigenvalue weighted by atomic mass is 9.84. The molecule has 1 amide bonds. The molecule has 1 aliphatic heterocycles. The van der Waals surface area contributed by atoms with Crippen LogP contribution < -0.4 is 10.6 Å². The number of halogens is 1. The second-order valence-electron chi connectivity index (χ2n) is 6.12. The number of benzene rings is 1. The van der Waals surface area contributed by atoms with Crippen molar-refractivity contribution in [1.29, 1.82) is 0 Å². The number of hydrogen-bond donors (Lipinski definition) is 2. The van der Waals surface area contributed by atoms with Crippen molar-refractivity contribution in [2.45, 2.75) is 33.1 Å². The Morgan fingerprint density at radius 3 is 2.71 bits per heavy atom. The Labute approximate surface area is 149 Å². The molecule has 0 spiro atoms. The Morgan fingerprint density at radius 2 is 2.04 bits per heavy atom. The summed E-state index contributed by atoms with van der Waals surface area (Å²) in [6.45, 7) is 6.33. The van der Waals surface area contributed by atoms with Crippen molar-refractivity contribution in [2.75, 3.05) is 25.0 Å². The summed E-state index contributed by atoms with van der Waals surface area (Å²) >= 11 is 0. The Bertz CT molecular complexity index is 545. The zero-order valence-corrected chi connectivity index (χ0v) is 15.2. The van der Waals surface area contributed by atoms with Gasteiger partial charge in [-0.25, -0.2) is 4.79 Å². The maximum Gasteiger partial charge on any atom is 0.338 e. The van der Waals surface area contributed by atoms with Crippen molar-refractivity contribution in [3.05, 3.63) is 29.8 Å². The number of amides is 1. The number of anilines is 1. The lowest BCUT2D eigenvalue weighted by Crippen LogP contribution is -2.32. The molecule has 1 fully saturated rings. The minimum Gasteiger partial charge on any atom is -0.462 e. The molecule has 1 heterocycles. The lowest BCUT2D eigenvalue weighted by molar-refractivity contribution is -0.117. The monoisotopic (exact) mass is 354 g/mol. The quantitative estimate of drug-likeness (QED) is 0.769. The summed E-state index contributed by atoms with van der Waals surface area (Å²) in [4.78, 5) is 24.0. The molecular formula is C18H27ClN2O3. The van der Waals surface area contributed by atoms with Gasteiger partial charge in [0.2, 0.25) is 5.91 Å². The molecule has 1 aliphatic rings. The molecule has 1 unspecified atom stereocenters. The molecule has 0 bridgehead atoms. The van der Waals surface area contributed by atoms with Gasteiger partial charge in [-0.05, 0) is 62.9 Å². The molecular weight excluding hydrogens is 328 g/mol. The fraction of sp³-hybridized carbons (Fsp3) is 0.556. The molecule has 24 heavy (non-hydrogen) atoms. The van der Waals surface area contributed by atoms with Gasteiger partial charge in [0.15, 0.2) is 0 Å². The van der Waals surface area contributed by atoms with Crippen LogP contribution in [-0.4, -0.2) is 31.6 Å². The summed E-state index contributed by atoms with van der Waals surface area (Å²) in [7, 11) is 0. The van der Waals surface area contributed by atoms with Crippen LogP contribution in [0.25, 0.3) is 0 Å². The summed E-state index contributed by atoms with van der Waals surface area (Å²) in [6.07, 6.45) is 2.77. The SMILES string of the molecule is CCOC(=O)c1cccc(NC(=O)CC(C)C2CCNCC2)c1.Cl. The van der Waals surface area contributed by atoms with Crippen molar-refractivity contribution < 1.29 is 14.3 Å². The maximum absolute atomic E-state index is 12.2. The number of esters is 1. The molecule has 0 aliphatic carbocycles. The first-order chi connectivity index (χ1) is 11.1. The Kier molecular flexibility index (Phi) is 8.79. The zero-order chi connectivity index (χ0) is 16.7. The average molecular weight is 355 g/mol. The van der Waals surface area contributed by atoms with E-state index in [0.717, 1.165) is 25.9 Å². The molecule has 0 saturated carbocycles. The predicted octanol–water partition coefficient (Wildman–Crippen LogP) is 3.25. The fourth-order valence-electron chi connectivity index (χ4n) is 3.02. The highest BCUT2D eigenvalue weighted by atomic mass is 35.5. The van der Waals surface area contributed by atoms with Gasteiger partial charge in [-0.1, -0.05) is 13.0 Å². The zero-order valence-electron chi connectivity index (χ0n) is 14.3. The van der Waals surface area contributed by atoms with Crippen molar-refractivity contribution in [3.63, 3.8) is 0 Å². The summed E-state index contributed by atoms with van der Waals surface area (Å²) < 4.78 is 4.97. The van der Waals surface area contributed by atoms with Gasteiger partial charge in [-0.2, -0.15) is 0 Å². The lowest BCUT2D eigenvalue weighted by Gasteiger charge is -2.27. The van der Waals surface area contributed by atoms with Gasteiger partial charge < -0.3 is 15.4 Å². The molecule has 5 nitrogen and oxygen atoms in total. The molecule has 6 heteroatoms. The third-order valence-corrected chi connectivity index (χ3v) is 4.35. The van der Waals surface area contributed by atoms with Crippen LogP contribution in [0.2, 0.25) is 0 Å². The van der Waals surface area contributed by atoms with E-state index in [2.05, 4.69) is 17.6 Å². The summed E-state index contributed by atoms with van der Waals surface area (Å²) in [6, 6.07) is 6.88. The Balaban J connectivity index is 0.00000288. The first-order valence-electron chi connectivity index (χ1n) is 8.38. The average Bonchev–Trinajstić information content (AvgIpc) is 2.56. The molecule has 0 aromatic heterocycles. The van der Waals surface area contributed by atoms with E-state index in [-0.39, 0.29) is 24.3 Å². The highest BCUT2D eigenvalue weighted by molar-refractivity contribution is 5.94. The normalized spacial score (nSPS) is 15.9. The van der Waals surface area contributed by atoms with Crippen LogP contribution in [0.15, 0.2) is 24.3 Å². The van der Waals surface area contributed by atoms with Crippen LogP contribution in [-0.2, 0) is 9.53 Å². The van der Waals surface area contributed by atoms with Crippen molar-refractivity contribution in [3.8, 4) is 0 Å².